The van der Waals surface area contributed by atoms with E-state index in [9.17, 15) is 0 Å². The van der Waals surface area contributed by atoms with Crippen LogP contribution in [0.15, 0.2) is 28.9 Å². The van der Waals surface area contributed by atoms with Gasteiger partial charge in [-0.3, -0.25) is 5.10 Å². The van der Waals surface area contributed by atoms with Gasteiger partial charge in [-0.05, 0) is 6.07 Å². The minimum Gasteiger partial charge on any atom is -0.417 e. The predicted molar refractivity (Wildman–Crippen MR) is 85.1 cm³/mol. The van der Waals surface area contributed by atoms with E-state index in [1.807, 2.05) is 6.07 Å². The summed E-state index contributed by atoms with van der Waals surface area (Å²) in [7, 11) is 0. The third kappa shape index (κ3) is 2.21. The molecule has 4 rings (SSSR count). The lowest BCUT2D eigenvalue weighted by molar-refractivity contribution is 0.241. The number of aromatic nitrogens is 5. The second-order valence-corrected chi connectivity index (χ2v) is 5.59. The Morgan fingerprint density at radius 3 is 2.78 bits per heavy atom. The maximum Gasteiger partial charge on any atom is 0.264 e. The predicted octanol–water partition coefficient (Wildman–Crippen LogP) is 3.41. The maximum atomic E-state index is 9.11. The summed E-state index contributed by atoms with van der Waals surface area (Å²) in [5.41, 5.74) is 2.88. The Hall–Kier alpha value is -2.35. The topological polar surface area (TPSA) is 104 Å². The molecule has 0 aliphatic heterocycles. The van der Waals surface area contributed by atoms with Gasteiger partial charge in [-0.2, -0.15) is 5.10 Å². The molecule has 0 atom stereocenters. The molecule has 116 valence electrons. The van der Waals surface area contributed by atoms with Crippen LogP contribution in [0.4, 0.5) is 0 Å². The lowest BCUT2D eigenvalue weighted by Gasteiger charge is -1.99. The second-order valence-electron chi connectivity index (χ2n) is 4.80. The molecule has 0 radical (unpaired) electrons. The SMILES string of the molecule is OCc1nnc(-c2[nH]c3c(Cl)c(Cl)ccc3c2-c2cn[nH]c2)o1. The van der Waals surface area contributed by atoms with Crippen molar-refractivity contribution < 1.29 is 9.52 Å². The molecule has 0 bridgehead atoms. The molecular formula is C14H9Cl2N5O2. The fraction of sp³-hybridized carbons (Fsp3) is 0.0714. The second kappa shape index (κ2) is 5.38. The molecule has 0 amide bonds. The fourth-order valence-electron chi connectivity index (χ4n) is 2.47. The summed E-state index contributed by atoms with van der Waals surface area (Å²) in [5, 5.41) is 25.3. The molecule has 7 nitrogen and oxygen atoms in total. The third-order valence-electron chi connectivity index (χ3n) is 3.47. The highest BCUT2D eigenvalue weighted by atomic mass is 35.5. The van der Waals surface area contributed by atoms with Gasteiger partial charge in [0.2, 0.25) is 5.89 Å². The standard InChI is InChI=1S/C14H9Cl2N5O2/c15-8-2-1-7-10(6-3-17-18-4-6)13(19-12(7)11(8)16)14-21-20-9(5-22)23-14/h1-4,19,22H,5H2,(H,17,18). The summed E-state index contributed by atoms with van der Waals surface area (Å²) in [4.78, 5) is 3.18. The van der Waals surface area contributed by atoms with Crippen LogP contribution in [-0.2, 0) is 6.61 Å². The van der Waals surface area contributed by atoms with Crippen LogP contribution < -0.4 is 0 Å². The number of aliphatic hydroxyl groups excluding tert-OH is 1. The summed E-state index contributed by atoms with van der Waals surface area (Å²) in [6, 6.07) is 3.58. The van der Waals surface area contributed by atoms with E-state index in [0.717, 1.165) is 16.5 Å². The van der Waals surface area contributed by atoms with Crippen LogP contribution in [0.2, 0.25) is 10.0 Å². The van der Waals surface area contributed by atoms with Gasteiger partial charge in [-0.1, -0.05) is 29.3 Å². The van der Waals surface area contributed by atoms with Crippen molar-refractivity contribution in [1.82, 2.24) is 25.4 Å². The summed E-state index contributed by atoms with van der Waals surface area (Å²) in [6.07, 6.45) is 3.43. The number of benzene rings is 1. The number of rotatable bonds is 3. The number of nitrogens with one attached hydrogen (secondary N) is 2. The lowest BCUT2D eigenvalue weighted by atomic mass is 10.1. The van der Waals surface area contributed by atoms with E-state index in [4.69, 9.17) is 32.7 Å². The average molecular weight is 350 g/mol. The van der Waals surface area contributed by atoms with Crippen molar-refractivity contribution in [2.45, 2.75) is 6.61 Å². The van der Waals surface area contributed by atoms with Gasteiger partial charge in [0.05, 0.1) is 21.8 Å². The van der Waals surface area contributed by atoms with Crippen molar-refractivity contribution in [3.8, 4) is 22.7 Å². The molecule has 23 heavy (non-hydrogen) atoms. The van der Waals surface area contributed by atoms with Crippen LogP contribution in [0.25, 0.3) is 33.6 Å². The van der Waals surface area contributed by atoms with Crippen LogP contribution in [0.1, 0.15) is 5.89 Å². The summed E-state index contributed by atoms with van der Waals surface area (Å²) in [5.74, 6) is 0.370. The molecule has 0 saturated heterocycles. The van der Waals surface area contributed by atoms with Gasteiger partial charge >= 0.3 is 0 Å². The third-order valence-corrected chi connectivity index (χ3v) is 4.27. The fourth-order valence-corrected chi connectivity index (χ4v) is 2.84. The number of H-pyrrole nitrogens is 2. The van der Waals surface area contributed by atoms with Crippen LogP contribution in [0.3, 0.4) is 0 Å². The molecule has 4 aromatic rings. The van der Waals surface area contributed by atoms with Crippen LogP contribution in [-0.4, -0.2) is 30.5 Å². The highest BCUT2D eigenvalue weighted by Gasteiger charge is 2.22. The van der Waals surface area contributed by atoms with Crippen LogP contribution in [0.5, 0.6) is 0 Å². The molecule has 0 fully saturated rings. The Labute approximate surface area is 139 Å². The Kier molecular flexibility index (Phi) is 3.33. The Balaban J connectivity index is 2.06. The maximum absolute atomic E-state index is 9.11. The Morgan fingerprint density at radius 1 is 1.22 bits per heavy atom. The first-order chi connectivity index (χ1) is 11.2. The van der Waals surface area contributed by atoms with Crippen molar-refractivity contribution in [2.24, 2.45) is 0 Å². The van der Waals surface area contributed by atoms with Crippen molar-refractivity contribution >= 4 is 34.1 Å². The molecule has 0 aliphatic rings. The highest BCUT2D eigenvalue weighted by molar-refractivity contribution is 6.45. The van der Waals surface area contributed by atoms with Crippen LogP contribution >= 0.6 is 23.2 Å². The normalized spacial score (nSPS) is 11.4. The van der Waals surface area contributed by atoms with E-state index in [0.29, 0.717) is 21.3 Å². The van der Waals surface area contributed by atoms with E-state index in [2.05, 4.69) is 25.4 Å². The zero-order valence-corrected chi connectivity index (χ0v) is 13.0. The van der Waals surface area contributed by atoms with Crippen LogP contribution in [0, 0.1) is 0 Å². The molecule has 0 unspecified atom stereocenters. The van der Waals surface area contributed by atoms with E-state index >= 15 is 0 Å². The molecule has 1 aromatic carbocycles. The number of hydrogen-bond acceptors (Lipinski definition) is 5. The molecule has 0 spiro atoms. The molecule has 3 heterocycles. The summed E-state index contributed by atoms with van der Waals surface area (Å²) in [6.45, 7) is -0.332. The minimum atomic E-state index is -0.332. The van der Waals surface area contributed by atoms with Gasteiger partial charge in [-0.15, -0.1) is 10.2 Å². The van der Waals surface area contributed by atoms with Gasteiger partial charge < -0.3 is 14.5 Å². The molecule has 9 heteroatoms. The van der Waals surface area contributed by atoms with Crippen molar-refractivity contribution in [1.29, 1.82) is 0 Å². The average Bonchev–Trinajstić information content (AvgIpc) is 3.28. The Morgan fingerprint density at radius 2 is 2.09 bits per heavy atom. The van der Waals surface area contributed by atoms with Gasteiger partial charge in [0.1, 0.15) is 12.3 Å². The first-order valence-corrected chi connectivity index (χ1v) is 7.37. The van der Waals surface area contributed by atoms with E-state index < -0.39 is 0 Å². The van der Waals surface area contributed by atoms with Crippen molar-refractivity contribution in [3.05, 3.63) is 40.5 Å². The van der Waals surface area contributed by atoms with Crippen molar-refractivity contribution in [2.75, 3.05) is 0 Å². The smallest absolute Gasteiger partial charge is 0.264 e. The van der Waals surface area contributed by atoms with E-state index in [1.165, 1.54) is 0 Å². The van der Waals surface area contributed by atoms with E-state index in [1.54, 1.807) is 18.5 Å². The number of hydrogen-bond donors (Lipinski definition) is 3. The highest BCUT2D eigenvalue weighted by Crippen LogP contribution is 2.41. The minimum absolute atomic E-state index is 0.126. The first-order valence-electron chi connectivity index (χ1n) is 6.61. The van der Waals surface area contributed by atoms with Gasteiger partial charge in [0, 0.05) is 22.7 Å². The van der Waals surface area contributed by atoms with Gasteiger partial charge in [0.15, 0.2) is 0 Å². The summed E-state index contributed by atoms with van der Waals surface area (Å²) < 4.78 is 5.45. The lowest BCUT2D eigenvalue weighted by Crippen LogP contribution is -1.81. The van der Waals surface area contributed by atoms with E-state index in [-0.39, 0.29) is 18.4 Å². The molecule has 3 N–H and O–H groups in total. The monoisotopic (exact) mass is 349 g/mol. The summed E-state index contributed by atoms with van der Waals surface area (Å²) >= 11 is 12.4. The number of fused-ring (bicyclic) bond motifs is 1. The number of aliphatic hydroxyl groups is 1. The molecule has 0 aliphatic carbocycles. The zero-order chi connectivity index (χ0) is 16.0. The molecule has 3 aromatic heterocycles. The number of nitrogens with zero attached hydrogens (tertiary/aromatic N) is 3. The largest absolute Gasteiger partial charge is 0.417 e. The number of aromatic amines is 2. The Bertz CT molecular complexity index is 990. The molecular weight excluding hydrogens is 341 g/mol. The first kappa shape index (κ1) is 14.3. The molecule has 0 saturated carbocycles. The van der Waals surface area contributed by atoms with Crippen molar-refractivity contribution in [3.63, 3.8) is 0 Å². The zero-order valence-electron chi connectivity index (χ0n) is 11.5. The number of halogens is 2. The quantitative estimate of drug-likeness (QED) is 0.525. The van der Waals surface area contributed by atoms with Gasteiger partial charge in [0.25, 0.3) is 5.89 Å². The van der Waals surface area contributed by atoms with Gasteiger partial charge in [-0.25, -0.2) is 0 Å².